The highest BCUT2D eigenvalue weighted by Gasteiger charge is 2.15. The summed E-state index contributed by atoms with van der Waals surface area (Å²) in [6, 6.07) is 5.44. The summed E-state index contributed by atoms with van der Waals surface area (Å²) in [6.45, 7) is 7.46. The van der Waals surface area contributed by atoms with Crippen molar-refractivity contribution in [1.82, 2.24) is 14.5 Å². The number of ether oxygens (including phenoxy) is 2. The van der Waals surface area contributed by atoms with Crippen molar-refractivity contribution in [3.63, 3.8) is 0 Å². The van der Waals surface area contributed by atoms with Crippen LogP contribution in [0.15, 0.2) is 24.4 Å². The van der Waals surface area contributed by atoms with E-state index < -0.39 is 0 Å². The van der Waals surface area contributed by atoms with Gasteiger partial charge in [0, 0.05) is 23.9 Å². The fourth-order valence-electron chi connectivity index (χ4n) is 3.37. The second-order valence-corrected chi connectivity index (χ2v) is 6.68. The van der Waals surface area contributed by atoms with Crippen molar-refractivity contribution < 1.29 is 14.3 Å². The van der Waals surface area contributed by atoms with Gasteiger partial charge in [-0.1, -0.05) is 6.92 Å². The third-order valence-corrected chi connectivity index (χ3v) is 4.78. The Hall–Kier alpha value is -3.09. The van der Waals surface area contributed by atoms with Gasteiger partial charge in [-0.05, 0) is 38.5 Å². The van der Waals surface area contributed by atoms with Crippen LogP contribution in [0.25, 0.3) is 11.0 Å². The van der Waals surface area contributed by atoms with Gasteiger partial charge in [-0.15, -0.1) is 0 Å². The number of anilines is 1. The van der Waals surface area contributed by atoms with Gasteiger partial charge in [0.15, 0.2) is 0 Å². The molecule has 7 nitrogen and oxygen atoms in total. The van der Waals surface area contributed by atoms with Crippen molar-refractivity contribution in [1.29, 1.82) is 0 Å². The summed E-state index contributed by atoms with van der Waals surface area (Å²) >= 11 is 0. The largest absolute Gasteiger partial charge is 0.496 e. The van der Waals surface area contributed by atoms with Crippen molar-refractivity contribution in [2.75, 3.05) is 19.5 Å². The molecule has 0 saturated carbocycles. The standard InChI is InChI=1S/C21H26N4O3/c1-6-9-25-18-8-7-15(20(26)28-5)10-16(18)24-21(25)23-12-17-14(3)19(27-4)13(2)11-22-17/h7-8,10-11H,6,9,12H2,1-5H3,(H,23,24). The second-order valence-electron chi connectivity index (χ2n) is 6.68. The van der Waals surface area contributed by atoms with Crippen LogP contribution in [0, 0.1) is 13.8 Å². The van der Waals surface area contributed by atoms with Crippen molar-refractivity contribution in [3.8, 4) is 5.75 Å². The Balaban J connectivity index is 1.94. The molecule has 2 heterocycles. The van der Waals surface area contributed by atoms with E-state index in [4.69, 9.17) is 14.5 Å². The van der Waals surface area contributed by atoms with Gasteiger partial charge in [-0.25, -0.2) is 9.78 Å². The van der Waals surface area contributed by atoms with E-state index in [1.807, 2.05) is 26.1 Å². The fraction of sp³-hybridized carbons (Fsp3) is 0.381. The third kappa shape index (κ3) is 3.65. The van der Waals surface area contributed by atoms with Crippen LogP contribution >= 0.6 is 0 Å². The van der Waals surface area contributed by atoms with Crippen molar-refractivity contribution in [3.05, 3.63) is 46.8 Å². The Kier molecular flexibility index (Phi) is 5.82. The van der Waals surface area contributed by atoms with Crippen LogP contribution in [0.2, 0.25) is 0 Å². The van der Waals surface area contributed by atoms with E-state index in [0.29, 0.717) is 12.1 Å². The molecule has 0 radical (unpaired) electrons. The number of hydrogen-bond donors (Lipinski definition) is 1. The van der Waals surface area contributed by atoms with Gasteiger partial charge in [0.1, 0.15) is 5.75 Å². The molecule has 0 aliphatic carbocycles. The Morgan fingerprint density at radius 3 is 2.71 bits per heavy atom. The minimum atomic E-state index is -0.368. The highest BCUT2D eigenvalue weighted by molar-refractivity contribution is 5.94. The number of benzene rings is 1. The van der Waals surface area contributed by atoms with Crippen LogP contribution < -0.4 is 10.1 Å². The SMILES string of the molecule is CCCn1c(NCc2ncc(C)c(OC)c2C)nc2cc(C(=O)OC)ccc21. The zero-order chi connectivity index (χ0) is 20.3. The van der Waals surface area contributed by atoms with Crippen molar-refractivity contribution >= 4 is 23.0 Å². The Bertz CT molecular complexity index is 1010. The molecule has 28 heavy (non-hydrogen) atoms. The van der Waals surface area contributed by atoms with E-state index in [0.717, 1.165) is 52.5 Å². The molecule has 0 fully saturated rings. The lowest BCUT2D eigenvalue weighted by molar-refractivity contribution is 0.0601. The number of carbonyl (C=O) groups excluding carboxylic acids is 1. The Labute approximate surface area is 164 Å². The van der Waals surface area contributed by atoms with Crippen LogP contribution in [0.3, 0.4) is 0 Å². The molecule has 2 aromatic heterocycles. The lowest BCUT2D eigenvalue weighted by Crippen LogP contribution is -2.10. The number of pyridine rings is 1. The van der Waals surface area contributed by atoms with Gasteiger partial charge in [-0.2, -0.15) is 0 Å². The van der Waals surface area contributed by atoms with Gasteiger partial charge < -0.3 is 19.4 Å². The van der Waals surface area contributed by atoms with Crippen LogP contribution in [-0.4, -0.2) is 34.7 Å². The number of methoxy groups -OCH3 is 2. The fourth-order valence-corrected chi connectivity index (χ4v) is 3.37. The lowest BCUT2D eigenvalue weighted by atomic mass is 10.1. The summed E-state index contributed by atoms with van der Waals surface area (Å²) in [6.07, 6.45) is 2.79. The normalized spacial score (nSPS) is 10.9. The number of aryl methyl sites for hydroxylation is 2. The molecule has 0 atom stereocenters. The number of esters is 1. The van der Waals surface area contributed by atoms with Gasteiger partial charge in [-0.3, -0.25) is 4.98 Å². The summed E-state index contributed by atoms with van der Waals surface area (Å²) in [5.74, 6) is 1.24. The quantitative estimate of drug-likeness (QED) is 0.625. The van der Waals surface area contributed by atoms with Crippen LogP contribution in [0.5, 0.6) is 5.75 Å². The average molecular weight is 382 g/mol. The monoisotopic (exact) mass is 382 g/mol. The summed E-state index contributed by atoms with van der Waals surface area (Å²) < 4.78 is 12.4. The number of aromatic nitrogens is 3. The Morgan fingerprint density at radius 2 is 2.04 bits per heavy atom. The molecule has 3 rings (SSSR count). The zero-order valence-corrected chi connectivity index (χ0v) is 17.0. The first-order valence-electron chi connectivity index (χ1n) is 9.31. The van der Waals surface area contributed by atoms with E-state index in [1.54, 1.807) is 19.2 Å². The van der Waals surface area contributed by atoms with Crippen molar-refractivity contribution in [2.24, 2.45) is 0 Å². The molecular weight excluding hydrogens is 356 g/mol. The van der Waals surface area contributed by atoms with Gasteiger partial charge in [0.05, 0.1) is 43.1 Å². The first-order chi connectivity index (χ1) is 13.5. The van der Waals surface area contributed by atoms with Crippen molar-refractivity contribution in [2.45, 2.75) is 40.3 Å². The molecule has 148 valence electrons. The number of hydrogen-bond acceptors (Lipinski definition) is 6. The molecule has 7 heteroatoms. The van der Waals surface area contributed by atoms with Gasteiger partial charge >= 0.3 is 5.97 Å². The minimum absolute atomic E-state index is 0.368. The number of carbonyl (C=O) groups is 1. The molecule has 3 aromatic rings. The summed E-state index contributed by atoms with van der Waals surface area (Å²) in [5.41, 5.74) is 5.16. The predicted octanol–water partition coefficient (Wildman–Crippen LogP) is 3.87. The van der Waals surface area contributed by atoms with Gasteiger partial charge in [0.25, 0.3) is 0 Å². The first-order valence-corrected chi connectivity index (χ1v) is 9.31. The van der Waals surface area contributed by atoms with Crippen LogP contribution in [0.4, 0.5) is 5.95 Å². The molecule has 0 bridgehead atoms. The van der Waals surface area contributed by atoms with E-state index >= 15 is 0 Å². The second kappa shape index (κ2) is 8.29. The lowest BCUT2D eigenvalue weighted by Gasteiger charge is -2.14. The minimum Gasteiger partial charge on any atom is -0.496 e. The number of fused-ring (bicyclic) bond motifs is 1. The van der Waals surface area contributed by atoms with E-state index in [1.165, 1.54) is 7.11 Å². The molecule has 0 unspecified atom stereocenters. The smallest absolute Gasteiger partial charge is 0.337 e. The molecule has 1 aromatic carbocycles. The highest BCUT2D eigenvalue weighted by Crippen LogP contribution is 2.26. The highest BCUT2D eigenvalue weighted by atomic mass is 16.5. The summed E-state index contributed by atoms with van der Waals surface area (Å²) in [7, 11) is 3.05. The number of imidazole rings is 1. The average Bonchev–Trinajstić information content (AvgIpc) is 3.04. The molecule has 0 aliphatic rings. The van der Waals surface area contributed by atoms with E-state index in [2.05, 4.69) is 21.8 Å². The molecule has 0 amide bonds. The predicted molar refractivity (Wildman–Crippen MR) is 109 cm³/mol. The first kappa shape index (κ1) is 19.7. The zero-order valence-electron chi connectivity index (χ0n) is 17.0. The number of nitrogens with zero attached hydrogens (tertiary/aromatic N) is 3. The number of nitrogens with one attached hydrogen (secondary N) is 1. The molecule has 0 spiro atoms. The van der Waals surface area contributed by atoms with Crippen LogP contribution in [0.1, 0.15) is 40.5 Å². The van der Waals surface area contributed by atoms with Gasteiger partial charge in [0.2, 0.25) is 5.95 Å². The van der Waals surface area contributed by atoms with E-state index in [9.17, 15) is 4.79 Å². The summed E-state index contributed by atoms with van der Waals surface area (Å²) in [4.78, 5) is 21.1. The molecule has 1 N–H and O–H groups in total. The summed E-state index contributed by atoms with van der Waals surface area (Å²) in [5, 5.41) is 3.40. The molecule has 0 aliphatic heterocycles. The maximum Gasteiger partial charge on any atom is 0.337 e. The third-order valence-electron chi connectivity index (χ3n) is 4.78. The molecule has 0 saturated heterocycles. The van der Waals surface area contributed by atoms with E-state index in [-0.39, 0.29) is 5.97 Å². The maximum absolute atomic E-state index is 11.8. The molecular formula is C21H26N4O3. The van der Waals surface area contributed by atoms with Crippen LogP contribution in [-0.2, 0) is 17.8 Å². The topological polar surface area (TPSA) is 78.3 Å². The maximum atomic E-state index is 11.8. The Morgan fingerprint density at radius 1 is 1.25 bits per heavy atom. The number of rotatable bonds is 7.